The Morgan fingerprint density at radius 3 is 2.47 bits per heavy atom. The number of carboxylic acid groups (broad SMARTS) is 1. The first-order chi connectivity index (χ1) is 7.70. The summed E-state index contributed by atoms with van der Waals surface area (Å²) >= 11 is 1.03. The van der Waals surface area contributed by atoms with E-state index in [2.05, 4.69) is 0 Å². The van der Waals surface area contributed by atoms with Crippen LogP contribution in [-0.4, -0.2) is 22.6 Å². The van der Waals surface area contributed by atoms with Gasteiger partial charge in [0.1, 0.15) is 16.5 Å². The second kappa shape index (κ2) is 4.85. The number of rotatable bonds is 3. The normalized spacial score (nSPS) is 13.2. The molecule has 94 valence electrons. The Morgan fingerprint density at radius 2 is 2.06 bits per heavy atom. The summed E-state index contributed by atoms with van der Waals surface area (Å²) in [6.45, 7) is 5.23. The van der Waals surface area contributed by atoms with Gasteiger partial charge in [0.25, 0.3) is 0 Å². The molecule has 0 saturated heterocycles. The first-order valence-electron chi connectivity index (χ1n) is 5.01. The molecule has 0 aliphatic carbocycles. The van der Waals surface area contributed by atoms with Crippen molar-refractivity contribution in [1.29, 1.82) is 0 Å². The molecule has 0 bridgehead atoms. The van der Waals surface area contributed by atoms with Gasteiger partial charge in [-0.3, -0.25) is 0 Å². The number of nitrogens with two attached hydrogens (primary N) is 1. The minimum Gasteiger partial charge on any atom is -0.477 e. The first kappa shape index (κ1) is 13.7. The molecule has 0 saturated carbocycles. The van der Waals surface area contributed by atoms with Crippen LogP contribution in [0.3, 0.4) is 0 Å². The van der Waals surface area contributed by atoms with E-state index >= 15 is 0 Å². The smallest absolute Gasteiger partial charge is 0.345 e. The molecule has 3 N–H and O–H groups in total. The predicted octanol–water partition coefficient (Wildman–Crippen LogP) is 1.79. The first-order valence-corrected chi connectivity index (χ1v) is 5.89. The molecule has 0 fully saturated rings. The molecule has 0 aliphatic heterocycles. The molecule has 6 heteroatoms. The van der Waals surface area contributed by atoms with Crippen molar-refractivity contribution in [2.24, 2.45) is 5.73 Å². The summed E-state index contributed by atoms with van der Waals surface area (Å²) in [5.74, 6) is -1.59. The number of carbonyl (C=O) groups excluding carboxylic acids is 1. The minimum absolute atomic E-state index is 0.152. The third-order valence-electron chi connectivity index (χ3n) is 1.85. The van der Waals surface area contributed by atoms with Crippen LogP contribution in [0.25, 0.3) is 0 Å². The fraction of sp³-hybridized carbons (Fsp3) is 0.455. The lowest BCUT2D eigenvalue weighted by Crippen LogP contribution is -2.31. The second-order valence-corrected chi connectivity index (χ2v) is 5.47. The zero-order valence-corrected chi connectivity index (χ0v) is 10.7. The minimum atomic E-state index is -1.03. The number of thiophene rings is 1. The highest BCUT2D eigenvalue weighted by molar-refractivity contribution is 7.12. The molecule has 5 nitrogen and oxygen atoms in total. The zero-order chi connectivity index (χ0) is 13.2. The van der Waals surface area contributed by atoms with E-state index in [1.54, 1.807) is 26.2 Å². The highest BCUT2D eigenvalue weighted by Gasteiger charge is 2.24. The van der Waals surface area contributed by atoms with Gasteiger partial charge in [-0.2, -0.15) is 0 Å². The maximum Gasteiger partial charge on any atom is 0.345 e. The second-order valence-electron chi connectivity index (χ2n) is 4.56. The van der Waals surface area contributed by atoms with E-state index in [-0.39, 0.29) is 4.88 Å². The zero-order valence-electron chi connectivity index (χ0n) is 9.89. The number of carboxylic acids is 1. The largest absolute Gasteiger partial charge is 0.477 e. The van der Waals surface area contributed by atoms with Crippen LogP contribution in [0, 0.1) is 0 Å². The molecule has 0 spiro atoms. The van der Waals surface area contributed by atoms with E-state index in [0.29, 0.717) is 5.56 Å². The summed E-state index contributed by atoms with van der Waals surface area (Å²) < 4.78 is 5.12. The van der Waals surface area contributed by atoms with Crippen molar-refractivity contribution in [3.05, 3.63) is 21.9 Å². The average Bonchev–Trinajstić information content (AvgIpc) is 2.62. The third-order valence-corrected chi connectivity index (χ3v) is 2.79. The van der Waals surface area contributed by atoms with E-state index in [1.807, 2.05) is 0 Å². The fourth-order valence-electron chi connectivity index (χ4n) is 1.13. The van der Waals surface area contributed by atoms with Crippen LogP contribution in [-0.2, 0) is 9.53 Å². The van der Waals surface area contributed by atoms with E-state index in [4.69, 9.17) is 15.6 Å². The Labute approximate surface area is 103 Å². The van der Waals surface area contributed by atoms with Gasteiger partial charge in [-0.15, -0.1) is 11.3 Å². The van der Waals surface area contributed by atoms with Crippen LogP contribution in [0.4, 0.5) is 0 Å². The summed E-state index contributed by atoms with van der Waals surface area (Å²) in [7, 11) is 0. The molecule has 0 amide bonds. The van der Waals surface area contributed by atoms with Crippen LogP contribution >= 0.6 is 11.3 Å². The van der Waals surface area contributed by atoms with Crippen LogP contribution in [0.2, 0.25) is 0 Å². The SMILES string of the molecule is CC(C)(C)OC(=O)C(N)c1csc(C(=O)O)c1. The van der Waals surface area contributed by atoms with Gasteiger partial charge in [-0.1, -0.05) is 0 Å². The molecular formula is C11H15NO4S. The van der Waals surface area contributed by atoms with Crippen molar-refractivity contribution in [2.75, 3.05) is 0 Å². The van der Waals surface area contributed by atoms with Gasteiger partial charge in [0.15, 0.2) is 0 Å². The van der Waals surface area contributed by atoms with E-state index in [9.17, 15) is 9.59 Å². The van der Waals surface area contributed by atoms with Gasteiger partial charge in [-0.05, 0) is 37.8 Å². The van der Waals surface area contributed by atoms with Crippen molar-refractivity contribution in [3.63, 3.8) is 0 Å². The van der Waals surface area contributed by atoms with Crippen molar-refractivity contribution in [2.45, 2.75) is 32.4 Å². The number of esters is 1. The van der Waals surface area contributed by atoms with E-state index in [0.717, 1.165) is 11.3 Å². The number of carbonyl (C=O) groups is 2. The molecule has 0 aromatic carbocycles. The molecule has 17 heavy (non-hydrogen) atoms. The molecular weight excluding hydrogens is 242 g/mol. The third kappa shape index (κ3) is 3.83. The van der Waals surface area contributed by atoms with Crippen LogP contribution in [0.15, 0.2) is 11.4 Å². The monoisotopic (exact) mass is 257 g/mol. The highest BCUT2D eigenvalue weighted by atomic mass is 32.1. The molecule has 1 rings (SSSR count). The Bertz CT molecular complexity index is 433. The quantitative estimate of drug-likeness (QED) is 0.806. The maximum atomic E-state index is 11.6. The summed E-state index contributed by atoms with van der Waals surface area (Å²) in [5.41, 5.74) is 5.55. The molecule has 0 aliphatic rings. The van der Waals surface area contributed by atoms with Crippen molar-refractivity contribution in [3.8, 4) is 0 Å². The lowest BCUT2D eigenvalue weighted by Gasteiger charge is -2.21. The molecule has 1 heterocycles. The van der Waals surface area contributed by atoms with Gasteiger partial charge >= 0.3 is 11.9 Å². The highest BCUT2D eigenvalue weighted by Crippen LogP contribution is 2.22. The van der Waals surface area contributed by atoms with Crippen LogP contribution in [0.5, 0.6) is 0 Å². The molecule has 1 atom stereocenters. The molecule has 1 unspecified atom stereocenters. The van der Waals surface area contributed by atoms with Gasteiger partial charge in [0, 0.05) is 0 Å². The number of aromatic carboxylic acids is 1. The average molecular weight is 257 g/mol. The van der Waals surface area contributed by atoms with Gasteiger partial charge in [-0.25, -0.2) is 9.59 Å². The van der Waals surface area contributed by atoms with Gasteiger partial charge < -0.3 is 15.6 Å². The topological polar surface area (TPSA) is 89.6 Å². The Hall–Kier alpha value is -1.40. The van der Waals surface area contributed by atoms with Gasteiger partial charge in [0.2, 0.25) is 0 Å². The Balaban J connectivity index is 2.78. The number of hydrogen-bond donors (Lipinski definition) is 2. The summed E-state index contributed by atoms with van der Waals surface area (Å²) in [4.78, 5) is 22.5. The predicted molar refractivity (Wildman–Crippen MR) is 64.1 cm³/mol. The van der Waals surface area contributed by atoms with Crippen LogP contribution < -0.4 is 5.73 Å². The van der Waals surface area contributed by atoms with Gasteiger partial charge in [0.05, 0.1) is 0 Å². The molecule has 1 aromatic heterocycles. The van der Waals surface area contributed by atoms with E-state index in [1.165, 1.54) is 6.07 Å². The summed E-state index contributed by atoms with van der Waals surface area (Å²) in [6.07, 6.45) is 0. The van der Waals surface area contributed by atoms with Crippen molar-refractivity contribution in [1.82, 2.24) is 0 Å². The molecule has 0 radical (unpaired) electrons. The fourth-order valence-corrected chi connectivity index (χ4v) is 1.91. The summed E-state index contributed by atoms with van der Waals surface area (Å²) in [6, 6.07) is 0.445. The van der Waals surface area contributed by atoms with Crippen molar-refractivity contribution >= 4 is 23.3 Å². The number of ether oxygens (including phenoxy) is 1. The van der Waals surface area contributed by atoms with E-state index < -0.39 is 23.6 Å². The maximum absolute atomic E-state index is 11.6. The van der Waals surface area contributed by atoms with Crippen LogP contribution in [0.1, 0.15) is 42.0 Å². The Kier molecular flexibility index (Phi) is 3.90. The molecule has 1 aromatic rings. The number of hydrogen-bond acceptors (Lipinski definition) is 5. The summed E-state index contributed by atoms with van der Waals surface area (Å²) in [5, 5.41) is 10.3. The standard InChI is InChI=1S/C11H15NO4S/c1-11(2,3)16-10(15)8(12)6-4-7(9(13)14)17-5-6/h4-5,8H,12H2,1-3H3,(H,13,14). The lowest BCUT2D eigenvalue weighted by atomic mass is 10.1. The van der Waals surface area contributed by atoms with Crippen molar-refractivity contribution < 1.29 is 19.4 Å². The lowest BCUT2D eigenvalue weighted by molar-refractivity contribution is -0.156. The Morgan fingerprint density at radius 1 is 1.47 bits per heavy atom.